The maximum absolute atomic E-state index is 12.0. The van der Waals surface area contributed by atoms with Gasteiger partial charge < -0.3 is 10.6 Å². The molecular formula is C17H17BrN2O2. The minimum absolute atomic E-state index is 0.0372. The van der Waals surface area contributed by atoms with E-state index in [1.165, 1.54) is 6.92 Å². The number of hydrogen-bond donors (Lipinski definition) is 2. The van der Waals surface area contributed by atoms with Gasteiger partial charge in [0.1, 0.15) is 0 Å². The van der Waals surface area contributed by atoms with E-state index in [0.717, 1.165) is 15.7 Å². The number of nitrogens with one attached hydrogen (secondary N) is 2. The molecule has 114 valence electrons. The number of carbonyl (C=O) groups excluding carboxylic acids is 2. The van der Waals surface area contributed by atoms with E-state index in [2.05, 4.69) is 26.6 Å². The number of rotatable bonds is 5. The number of benzene rings is 2. The Kier molecular flexibility index (Phi) is 5.33. The highest BCUT2D eigenvalue weighted by molar-refractivity contribution is 9.10. The monoisotopic (exact) mass is 360 g/mol. The Morgan fingerprint density at radius 3 is 2.50 bits per heavy atom. The number of Topliss-reactive ketones (excluding diaryl/α,β-unsaturated/α-hetero) is 1. The van der Waals surface area contributed by atoms with Gasteiger partial charge in [-0.05, 0) is 59.6 Å². The maximum atomic E-state index is 12.0. The third-order valence-corrected chi connectivity index (χ3v) is 3.80. The fourth-order valence-corrected chi connectivity index (χ4v) is 2.63. The topological polar surface area (TPSA) is 58.2 Å². The Balaban J connectivity index is 2.00. The summed E-state index contributed by atoms with van der Waals surface area (Å²) in [6.07, 6.45) is 0. The number of hydrogen-bond acceptors (Lipinski definition) is 3. The second-order valence-electron chi connectivity index (χ2n) is 4.99. The average molecular weight is 361 g/mol. The van der Waals surface area contributed by atoms with Crippen LogP contribution in [0.2, 0.25) is 0 Å². The number of para-hydroxylation sites is 1. The van der Waals surface area contributed by atoms with Crippen LogP contribution in [0.15, 0.2) is 46.9 Å². The second-order valence-corrected chi connectivity index (χ2v) is 5.84. The van der Waals surface area contributed by atoms with Crippen molar-refractivity contribution in [1.82, 2.24) is 0 Å². The van der Waals surface area contributed by atoms with E-state index in [1.807, 2.05) is 31.2 Å². The van der Waals surface area contributed by atoms with Crippen molar-refractivity contribution in [1.29, 1.82) is 0 Å². The highest BCUT2D eigenvalue weighted by atomic mass is 79.9. The van der Waals surface area contributed by atoms with Crippen molar-refractivity contribution in [2.75, 3.05) is 17.2 Å². The van der Waals surface area contributed by atoms with Crippen molar-refractivity contribution in [3.8, 4) is 0 Å². The lowest BCUT2D eigenvalue weighted by Gasteiger charge is -2.11. The van der Waals surface area contributed by atoms with Crippen LogP contribution in [0.25, 0.3) is 0 Å². The van der Waals surface area contributed by atoms with Crippen LogP contribution in [0.4, 0.5) is 11.4 Å². The van der Waals surface area contributed by atoms with E-state index in [1.54, 1.807) is 18.2 Å². The summed E-state index contributed by atoms with van der Waals surface area (Å²) in [5.74, 6) is -0.215. The normalized spacial score (nSPS) is 10.1. The minimum atomic E-state index is -0.178. The minimum Gasteiger partial charge on any atom is -0.376 e. The molecule has 0 saturated heterocycles. The van der Waals surface area contributed by atoms with E-state index in [-0.39, 0.29) is 18.2 Å². The molecule has 0 aliphatic rings. The molecule has 2 aromatic rings. The van der Waals surface area contributed by atoms with E-state index in [0.29, 0.717) is 11.3 Å². The Labute approximate surface area is 138 Å². The molecule has 0 aromatic heterocycles. The van der Waals surface area contributed by atoms with E-state index >= 15 is 0 Å². The van der Waals surface area contributed by atoms with Crippen LogP contribution >= 0.6 is 15.9 Å². The molecule has 0 saturated carbocycles. The molecule has 2 N–H and O–H groups in total. The Morgan fingerprint density at radius 1 is 1.09 bits per heavy atom. The third-order valence-electron chi connectivity index (χ3n) is 3.14. The van der Waals surface area contributed by atoms with Gasteiger partial charge in [0.25, 0.3) is 0 Å². The summed E-state index contributed by atoms with van der Waals surface area (Å²) in [4.78, 5) is 23.6. The highest BCUT2D eigenvalue weighted by Crippen LogP contribution is 2.23. The lowest BCUT2D eigenvalue weighted by atomic mass is 10.1. The van der Waals surface area contributed by atoms with Crippen LogP contribution in [-0.4, -0.2) is 18.2 Å². The molecular weight excluding hydrogens is 344 g/mol. The van der Waals surface area contributed by atoms with Gasteiger partial charge in [-0.2, -0.15) is 0 Å². The summed E-state index contributed by atoms with van der Waals surface area (Å²) < 4.78 is 0.838. The zero-order valence-electron chi connectivity index (χ0n) is 12.4. The largest absolute Gasteiger partial charge is 0.376 e. The van der Waals surface area contributed by atoms with E-state index < -0.39 is 0 Å². The molecule has 0 aliphatic carbocycles. The zero-order valence-corrected chi connectivity index (χ0v) is 14.0. The molecule has 0 bridgehead atoms. The van der Waals surface area contributed by atoms with Crippen LogP contribution in [0.1, 0.15) is 22.8 Å². The van der Waals surface area contributed by atoms with Crippen LogP contribution in [-0.2, 0) is 4.79 Å². The summed E-state index contributed by atoms with van der Waals surface area (Å²) in [7, 11) is 0. The first-order chi connectivity index (χ1) is 10.5. The molecule has 0 radical (unpaired) electrons. The number of aryl methyl sites for hydroxylation is 1. The molecule has 0 unspecified atom stereocenters. The van der Waals surface area contributed by atoms with Crippen LogP contribution in [0, 0.1) is 6.92 Å². The highest BCUT2D eigenvalue weighted by Gasteiger charge is 2.09. The summed E-state index contributed by atoms with van der Waals surface area (Å²) in [6.45, 7) is 3.57. The lowest BCUT2D eigenvalue weighted by Crippen LogP contribution is -2.22. The number of amides is 1. The van der Waals surface area contributed by atoms with E-state index in [9.17, 15) is 9.59 Å². The Morgan fingerprint density at radius 2 is 1.82 bits per heavy atom. The number of carbonyl (C=O) groups is 2. The van der Waals surface area contributed by atoms with Crippen LogP contribution < -0.4 is 10.6 Å². The van der Waals surface area contributed by atoms with Gasteiger partial charge in [0, 0.05) is 15.7 Å². The summed E-state index contributed by atoms with van der Waals surface area (Å²) >= 11 is 3.42. The van der Waals surface area contributed by atoms with Gasteiger partial charge in [-0.15, -0.1) is 0 Å². The van der Waals surface area contributed by atoms with Gasteiger partial charge in [-0.25, -0.2) is 0 Å². The van der Waals surface area contributed by atoms with Gasteiger partial charge in [0.2, 0.25) is 5.91 Å². The van der Waals surface area contributed by atoms with Crippen molar-refractivity contribution < 1.29 is 9.59 Å². The SMILES string of the molecule is CC(=O)c1ccccc1NCC(=O)Nc1ccc(C)cc1Br. The molecule has 2 rings (SSSR count). The number of anilines is 2. The predicted octanol–water partition coefficient (Wildman–Crippen LogP) is 4.01. The maximum Gasteiger partial charge on any atom is 0.243 e. The molecule has 22 heavy (non-hydrogen) atoms. The van der Waals surface area contributed by atoms with E-state index in [4.69, 9.17) is 0 Å². The molecule has 5 heteroatoms. The molecule has 0 spiro atoms. The van der Waals surface area contributed by atoms with Crippen LogP contribution in [0.3, 0.4) is 0 Å². The first kappa shape index (κ1) is 16.2. The summed E-state index contributed by atoms with van der Waals surface area (Å²) in [6, 6.07) is 12.9. The van der Waals surface area contributed by atoms with Crippen molar-refractivity contribution in [3.05, 3.63) is 58.1 Å². The van der Waals surface area contributed by atoms with Gasteiger partial charge in [-0.3, -0.25) is 9.59 Å². The Bertz CT molecular complexity index is 714. The van der Waals surface area contributed by atoms with Crippen molar-refractivity contribution in [3.63, 3.8) is 0 Å². The quantitative estimate of drug-likeness (QED) is 0.792. The first-order valence-corrected chi connectivity index (χ1v) is 7.66. The van der Waals surface area contributed by atoms with Crippen LogP contribution in [0.5, 0.6) is 0 Å². The van der Waals surface area contributed by atoms with Gasteiger partial charge in [0.15, 0.2) is 5.78 Å². The average Bonchev–Trinajstić information content (AvgIpc) is 2.48. The van der Waals surface area contributed by atoms with Crippen molar-refractivity contribution >= 4 is 39.0 Å². The Hall–Kier alpha value is -2.14. The molecule has 1 amide bonds. The molecule has 4 nitrogen and oxygen atoms in total. The van der Waals surface area contributed by atoms with Gasteiger partial charge in [0.05, 0.1) is 12.2 Å². The standard InChI is InChI=1S/C17H17BrN2O2/c1-11-7-8-16(14(18)9-11)20-17(22)10-19-15-6-4-3-5-13(15)12(2)21/h3-9,19H,10H2,1-2H3,(H,20,22). The summed E-state index contributed by atoms with van der Waals surface area (Å²) in [5, 5.41) is 5.82. The molecule has 2 aromatic carbocycles. The second kappa shape index (κ2) is 7.22. The molecule has 0 heterocycles. The fraction of sp³-hybridized carbons (Fsp3) is 0.176. The zero-order chi connectivity index (χ0) is 16.1. The fourth-order valence-electron chi connectivity index (χ4n) is 2.04. The smallest absolute Gasteiger partial charge is 0.243 e. The number of halogens is 1. The first-order valence-electron chi connectivity index (χ1n) is 6.87. The number of ketones is 1. The lowest BCUT2D eigenvalue weighted by molar-refractivity contribution is -0.114. The third kappa shape index (κ3) is 4.18. The molecule has 0 aliphatic heterocycles. The van der Waals surface area contributed by atoms with Gasteiger partial charge in [-0.1, -0.05) is 18.2 Å². The van der Waals surface area contributed by atoms with Crippen molar-refractivity contribution in [2.45, 2.75) is 13.8 Å². The summed E-state index contributed by atoms with van der Waals surface area (Å²) in [5.41, 5.74) is 3.07. The molecule has 0 fully saturated rings. The van der Waals surface area contributed by atoms with Crippen molar-refractivity contribution in [2.24, 2.45) is 0 Å². The molecule has 0 atom stereocenters. The predicted molar refractivity (Wildman–Crippen MR) is 92.4 cm³/mol. The van der Waals surface area contributed by atoms with Gasteiger partial charge >= 0.3 is 0 Å².